The minimum Gasteiger partial charge on any atom is -0.375 e. The van der Waals surface area contributed by atoms with Crippen molar-refractivity contribution < 1.29 is 4.79 Å². The molecule has 2 N–H and O–H groups in total. The zero-order chi connectivity index (χ0) is 7.56. The van der Waals surface area contributed by atoms with E-state index in [2.05, 4.69) is 4.98 Å². The molecule has 0 aliphatic heterocycles. The van der Waals surface area contributed by atoms with Crippen LogP contribution in [0.4, 0.5) is 5.13 Å². The Labute approximate surface area is 61.9 Å². The summed E-state index contributed by atoms with van der Waals surface area (Å²) in [7, 11) is 0. The van der Waals surface area contributed by atoms with Crippen LogP contribution in [-0.4, -0.2) is 10.8 Å². The number of aromatic nitrogens is 1. The van der Waals surface area contributed by atoms with E-state index >= 15 is 0 Å². The first kappa shape index (κ1) is 6.78. The predicted molar refractivity (Wildman–Crippen MR) is 39.7 cm³/mol. The fourth-order valence-electron chi connectivity index (χ4n) is 0.466. The molecule has 0 saturated carbocycles. The lowest BCUT2D eigenvalue weighted by atomic mass is 10.3. The zero-order valence-corrected chi connectivity index (χ0v) is 5.81. The largest absolute Gasteiger partial charge is 0.375 e. The number of hydrogen-bond donors (Lipinski definition) is 1. The summed E-state index contributed by atoms with van der Waals surface area (Å²) in [5.41, 5.74) is 5.51. The fourth-order valence-corrected chi connectivity index (χ4v) is 1.01. The number of ketones is 1. The molecule has 1 aromatic heterocycles. The number of terminal acetylenes is 1. The number of anilines is 1. The van der Waals surface area contributed by atoms with Crippen molar-refractivity contribution in [1.82, 2.24) is 4.98 Å². The number of rotatable bonds is 1. The molecule has 50 valence electrons. The number of carbonyl (C=O) groups is 1. The number of carbonyl (C=O) groups excluding carboxylic acids is 1. The van der Waals surface area contributed by atoms with Crippen LogP contribution in [0.25, 0.3) is 0 Å². The molecule has 0 radical (unpaired) electrons. The smallest absolute Gasteiger partial charge is 0.254 e. The van der Waals surface area contributed by atoms with Crippen molar-refractivity contribution in [2.45, 2.75) is 0 Å². The van der Waals surface area contributed by atoms with Crippen LogP contribution >= 0.6 is 11.3 Å². The maximum atomic E-state index is 10.7. The van der Waals surface area contributed by atoms with Crippen LogP contribution in [0.1, 0.15) is 10.5 Å². The highest BCUT2D eigenvalue weighted by molar-refractivity contribution is 7.13. The van der Waals surface area contributed by atoms with Crippen molar-refractivity contribution in [3.8, 4) is 12.3 Å². The number of hydrogen-bond acceptors (Lipinski definition) is 4. The minimum atomic E-state index is -0.423. The highest BCUT2D eigenvalue weighted by atomic mass is 32.1. The molecule has 0 bridgehead atoms. The normalized spacial score (nSPS) is 8.70. The maximum absolute atomic E-state index is 10.7. The van der Waals surface area contributed by atoms with Gasteiger partial charge in [0.25, 0.3) is 5.78 Å². The predicted octanol–water partition coefficient (Wildman–Crippen LogP) is 0.541. The van der Waals surface area contributed by atoms with Gasteiger partial charge in [-0.15, -0.1) is 17.8 Å². The Morgan fingerprint density at radius 3 is 3.00 bits per heavy atom. The Bertz CT molecular complexity index is 297. The van der Waals surface area contributed by atoms with Gasteiger partial charge in [0.05, 0.1) is 0 Å². The van der Waals surface area contributed by atoms with Gasteiger partial charge in [0.15, 0.2) is 5.13 Å². The van der Waals surface area contributed by atoms with Crippen LogP contribution in [0, 0.1) is 12.3 Å². The topological polar surface area (TPSA) is 56.0 Å². The fraction of sp³-hybridized carbons (Fsp3) is 0. The lowest BCUT2D eigenvalue weighted by Crippen LogP contribution is -1.94. The van der Waals surface area contributed by atoms with E-state index in [-0.39, 0.29) is 5.69 Å². The van der Waals surface area contributed by atoms with Crippen LogP contribution in [0.5, 0.6) is 0 Å². The Balaban J connectivity index is 2.98. The minimum absolute atomic E-state index is 0.255. The summed E-state index contributed by atoms with van der Waals surface area (Å²) in [5, 5.41) is 1.90. The Morgan fingerprint density at radius 1 is 1.90 bits per heavy atom. The van der Waals surface area contributed by atoms with Crippen molar-refractivity contribution >= 4 is 22.3 Å². The van der Waals surface area contributed by atoms with Crippen LogP contribution in [0.2, 0.25) is 0 Å². The van der Waals surface area contributed by atoms with Gasteiger partial charge in [0, 0.05) is 5.38 Å². The molecule has 0 aliphatic rings. The Hall–Kier alpha value is -1.34. The SMILES string of the molecule is C#CC(=O)c1csc(N)n1. The average Bonchev–Trinajstić information content (AvgIpc) is 2.34. The Morgan fingerprint density at radius 2 is 2.60 bits per heavy atom. The molecule has 0 saturated heterocycles. The second kappa shape index (κ2) is 2.50. The molecule has 10 heavy (non-hydrogen) atoms. The Kier molecular flexibility index (Phi) is 1.69. The molecular weight excluding hydrogens is 148 g/mol. The van der Waals surface area contributed by atoms with Crippen LogP contribution < -0.4 is 5.73 Å². The number of Topliss-reactive ketones (excluding diaryl/α,β-unsaturated/α-hetero) is 1. The maximum Gasteiger partial charge on any atom is 0.254 e. The lowest BCUT2D eigenvalue weighted by molar-refractivity contribution is 0.105. The number of nitrogen functional groups attached to an aromatic ring is 1. The van der Waals surface area contributed by atoms with E-state index in [0.717, 1.165) is 0 Å². The summed E-state index contributed by atoms with van der Waals surface area (Å²) in [6.07, 6.45) is 4.84. The molecule has 4 heteroatoms. The van der Waals surface area contributed by atoms with Crippen LogP contribution in [0.15, 0.2) is 5.38 Å². The molecule has 0 fully saturated rings. The van der Waals surface area contributed by atoms with Gasteiger partial charge in [-0.25, -0.2) is 4.98 Å². The van der Waals surface area contributed by atoms with Crippen molar-refractivity contribution in [1.29, 1.82) is 0 Å². The third-order valence-electron chi connectivity index (χ3n) is 0.886. The second-order valence-corrected chi connectivity index (χ2v) is 2.43. The van der Waals surface area contributed by atoms with Crippen molar-refractivity contribution in [2.24, 2.45) is 0 Å². The monoisotopic (exact) mass is 152 g/mol. The van der Waals surface area contributed by atoms with Crippen LogP contribution in [0.3, 0.4) is 0 Å². The molecule has 0 amide bonds. The van der Waals surface area contributed by atoms with Gasteiger partial charge in [-0.3, -0.25) is 4.79 Å². The van der Waals surface area contributed by atoms with Crippen LogP contribution in [-0.2, 0) is 0 Å². The molecule has 0 aliphatic carbocycles. The van der Waals surface area contributed by atoms with Gasteiger partial charge in [-0.1, -0.05) is 0 Å². The summed E-state index contributed by atoms with van der Waals surface area (Å²) in [6.45, 7) is 0. The van der Waals surface area contributed by atoms with Gasteiger partial charge in [0.2, 0.25) is 0 Å². The number of nitrogens with zero attached hydrogens (tertiary/aromatic N) is 1. The molecule has 3 nitrogen and oxygen atoms in total. The van der Waals surface area contributed by atoms with E-state index in [9.17, 15) is 4.79 Å². The molecule has 1 aromatic rings. The third kappa shape index (κ3) is 1.14. The van der Waals surface area contributed by atoms with Crippen molar-refractivity contribution in [3.63, 3.8) is 0 Å². The summed E-state index contributed by atoms with van der Waals surface area (Å²) in [5.74, 6) is 1.52. The molecule has 1 rings (SSSR count). The first-order valence-electron chi connectivity index (χ1n) is 2.46. The lowest BCUT2D eigenvalue weighted by Gasteiger charge is -1.79. The highest BCUT2D eigenvalue weighted by Gasteiger charge is 2.04. The van der Waals surface area contributed by atoms with E-state index in [0.29, 0.717) is 5.13 Å². The van der Waals surface area contributed by atoms with E-state index < -0.39 is 5.78 Å². The summed E-state index contributed by atoms with van der Waals surface area (Å²) >= 11 is 1.20. The standard InChI is InChI=1S/C6H4N2OS/c1-2-5(9)4-3-10-6(7)8-4/h1,3H,(H2,7,8). The molecular formula is C6H4N2OS. The van der Waals surface area contributed by atoms with Crippen molar-refractivity contribution in [2.75, 3.05) is 5.73 Å². The van der Waals surface area contributed by atoms with Crippen molar-refractivity contribution in [3.05, 3.63) is 11.1 Å². The summed E-state index contributed by atoms with van der Waals surface area (Å²) < 4.78 is 0. The molecule has 1 heterocycles. The van der Waals surface area contributed by atoms with Gasteiger partial charge in [-0.05, 0) is 5.92 Å². The summed E-state index contributed by atoms with van der Waals surface area (Å²) in [4.78, 5) is 14.4. The molecule has 0 aromatic carbocycles. The first-order valence-corrected chi connectivity index (χ1v) is 3.34. The van der Waals surface area contributed by atoms with E-state index in [1.54, 1.807) is 0 Å². The van der Waals surface area contributed by atoms with E-state index in [1.807, 2.05) is 5.92 Å². The van der Waals surface area contributed by atoms with E-state index in [4.69, 9.17) is 12.2 Å². The molecule has 0 spiro atoms. The van der Waals surface area contributed by atoms with E-state index in [1.165, 1.54) is 16.7 Å². The second-order valence-electron chi connectivity index (χ2n) is 1.54. The average molecular weight is 152 g/mol. The summed E-state index contributed by atoms with van der Waals surface area (Å²) in [6, 6.07) is 0. The third-order valence-corrected chi connectivity index (χ3v) is 1.56. The van der Waals surface area contributed by atoms with Gasteiger partial charge in [0.1, 0.15) is 5.69 Å². The number of thiazole rings is 1. The van der Waals surface area contributed by atoms with Gasteiger partial charge in [-0.2, -0.15) is 0 Å². The molecule has 0 atom stereocenters. The quantitative estimate of drug-likeness (QED) is 0.363. The first-order chi connectivity index (χ1) is 4.74. The number of nitrogens with two attached hydrogens (primary N) is 1. The van der Waals surface area contributed by atoms with Gasteiger partial charge >= 0.3 is 0 Å². The highest BCUT2D eigenvalue weighted by Crippen LogP contribution is 2.10. The zero-order valence-electron chi connectivity index (χ0n) is 5.00. The molecule has 0 unspecified atom stereocenters. The van der Waals surface area contributed by atoms with Gasteiger partial charge < -0.3 is 5.73 Å².